The van der Waals surface area contributed by atoms with Gasteiger partial charge in [-0.15, -0.1) is 11.3 Å². The number of amides is 1. The van der Waals surface area contributed by atoms with Crippen LogP contribution in [-0.4, -0.2) is 35.6 Å². The Labute approximate surface area is 184 Å². The van der Waals surface area contributed by atoms with Gasteiger partial charge in [0.05, 0.1) is 6.61 Å². The third-order valence-corrected chi connectivity index (χ3v) is 7.66. The highest BCUT2D eigenvalue weighted by atomic mass is 35.5. The number of aryl methyl sites for hydroxylation is 1. The third-order valence-electron chi connectivity index (χ3n) is 6.27. The van der Waals surface area contributed by atoms with Crippen LogP contribution in [0.15, 0.2) is 18.2 Å². The molecule has 0 radical (unpaired) electrons. The van der Waals surface area contributed by atoms with Crippen molar-refractivity contribution in [1.82, 2.24) is 5.32 Å². The second-order valence-electron chi connectivity index (χ2n) is 8.59. The van der Waals surface area contributed by atoms with Gasteiger partial charge in [-0.1, -0.05) is 31.5 Å². The van der Waals surface area contributed by atoms with Crippen molar-refractivity contribution < 1.29 is 24.5 Å². The summed E-state index contributed by atoms with van der Waals surface area (Å²) in [6.07, 6.45) is -0.460. The van der Waals surface area contributed by atoms with E-state index in [9.17, 15) is 9.90 Å². The molecule has 1 amide bonds. The van der Waals surface area contributed by atoms with Gasteiger partial charge in [-0.05, 0) is 53.9 Å². The topological polar surface area (TPSA) is 88.0 Å². The molecule has 0 unspecified atom stereocenters. The van der Waals surface area contributed by atoms with Crippen molar-refractivity contribution in [3.05, 3.63) is 44.8 Å². The normalized spacial score (nSPS) is 21.5. The second kappa shape index (κ2) is 8.04. The standard InChI is InChI=1S/C22H26ClNO5S/c1-11-18-15(7-16-19(18)22(16,2)3)20(30-11)29-21(27)24-8-12-4-5-14(6-17(12)23)28-10-13(26)9-25/h4-6,13,16,19,25-26H,7-10H2,1-3H3,(H,24,27)/t13-,16+,19+/m0/s1. The van der Waals surface area contributed by atoms with Crippen LogP contribution in [0.4, 0.5) is 4.79 Å². The summed E-state index contributed by atoms with van der Waals surface area (Å²) in [6.45, 7) is 6.55. The fourth-order valence-electron chi connectivity index (χ4n) is 4.47. The lowest BCUT2D eigenvalue weighted by molar-refractivity contribution is 0.0536. The molecule has 1 fully saturated rings. The molecular formula is C22H26ClNO5S. The summed E-state index contributed by atoms with van der Waals surface area (Å²) in [5.41, 5.74) is 3.68. The molecule has 1 aromatic carbocycles. The molecule has 0 aliphatic heterocycles. The largest absolute Gasteiger partial charge is 0.491 e. The first kappa shape index (κ1) is 21.4. The molecule has 2 aromatic rings. The Morgan fingerprint density at radius 2 is 2.20 bits per heavy atom. The average molecular weight is 452 g/mol. The minimum absolute atomic E-state index is 0.0276. The smallest absolute Gasteiger partial charge is 0.413 e. The molecule has 2 aliphatic rings. The molecule has 3 atom stereocenters. The highest BCUT2D eigenvalue weighted by molar-refractivity contribution is 7.14. The van der Waals surface area contributed by atoms with E-state index in [0.29, 0.717) is 33.1 Å². The fourth-order valence-corrected chi connectivity index (χ4v) is 5.78. The number of nitrogens with one attached hydrogen (secondary N) is 1. The molecule has 1 saturated carbocycles. The van der Waals surface area contributed by atoms with E-state index < -0.39 is 12.2 Å². The highest BCUT2D eigenvalue weighted by Crippen LogP contribution is 2.72. The number of benzene rings is 1. The van der Waals surface area contributed by atoms with Crippen LogP contribution in [0, 0.1) is 18.3 Å². The van der Waals surface area contributed by atoms with E-state index in [4.69, 9.17) is 26.2 Å². The number of carbonyl (C=O) groups is 1. The molecule has 162 valence electrons. The van der Waals surface area contributed by atoms with Gasteiger partial charge in [0.15, 0.2) is 5.06 Å². The van der Waals surface area contributed by atoms with Crippen LogP contribution in [0.5, 0.6) is 10.8 Å². The number of fused-ring (bicyclic) bond motifs is 3. The SMILES string of the molecule is Cc1sc(OC(=O)NCc2ccc(OC[C@@H](O)CO)cc2Cl)c2c1[C@H]1[C@@H](C2)C1(C)C. The van der Waals surface area contributed by atoms with Crippen LogP contribution in [0.3, 0.4) is 0 Å². The summed E-state index contributed by atoms with van der Waals surface area (Å²) in [5.74, 6) is 1.74. The maximum absolute atomic E-state index is 12.4. The molecule has 4 rings (SSSR count). The number of aliphatic hydroxyl groups is 2. The molecule has 0 spiro atoms. The second-order valence-corrected chi connectivity index (χ2v) is 10.2. The molecule has 3 N–H and O–H groups in total. The molecule has 8 heteroatoms. The van der Waals surface area contributed by atoms with Crippen molar-refractivity contribution in [2.45, 2.75) is 45.8 Å². The Kier molecular flexibility index (Phi) is 5.74. The molecule has 1 heterocycles. The Bertz CT molecular complexity index is 973. The Hall–Kier alpha value is -1.80. The molecule has 2 aliphatic carbocycles. The maximum atomic E-state index is 12.4. The van der Waals surface area contributed by atoms with Gasteiger partial charge < -0.3 is 25.0 Å². The quantitative estimate of drug-likeness (QED) is 0.591. The van der Waals surface area contributed by atoms with E-state index in [-0.39, 0.29) is 19.8 Å². The summed E-state index contributed by atoms with van der Waals surface area (Å²) >= 11 is 7.82. The van der Waals surface area contributed by atoms with E-state index in [1.165, 1.54) is 16.0 Å². The minimum atomic E-state index is -0.945. The number of rotatable bonds is 7. The van der Waals surface area contributed by atoms with E-state index in [1.807, 2.05) is 0 Å². The zero-order chi connectivity index (χ0) is 21.6. The first-order valence-corrected chi connectivity index (χ1v) is 11.2. The van der Waals surface area contributed by atoms with E-state index >= 15 is 0 Å². The first-order valence-electron chi connectivity index (χ1n) is 10.00. The lowest BCUT2D eigenvalue weighted by Gasteiger charge is -2.12. The van der Waals surface area contributed by atoms with Crippen molar-refractivity contribution in [3.8, 4) is 10.8 Å². The van der Waals surface area contributed by atoms with Crippen molar-refractivity contribution in [2.24, 2.45) is 11.3 Å². The van der Waals surface area contributed by atoms with Crippen molar-refractivity contribution in [1.29, 1.82) is 0 Å². The zero-order valence-corrected chi connectivity index (χ0v) is 18.8. The molecule has 0 saturated heterocycles. The highest BCUT2D eigenvalue weighted by Gasteiger charge is 2.63. The van der Waals surface area contributed by atoms with Crippen LogP contribution in [0.2, 0.25) is 5.02 Å². The number of hydrogen-bond acceptors (Lipinski definition) is 6. The monoisotopic (exact) mass is 451 g/mol. The molecule has 1 aromatic heterocycles. The summed E-state index contributed by atoms with van der Waals surface area (Å²) in [4.78, 5) is 13.6. The van der Waals surface area contributed by atoms with Crippen molar-refractivity contribution >= 4 is 29.0 Å². The van der Waals surface area contributed by atoms with Gasteiger partial charge in [0.25, 0.3) is 0 Å². The minimum Gasteiger partial charge on any atom is -0.491 e. The zero-order valence-electron chi connectivity index (χ0n) is 17.2. The van der Waals surface area contributed by atoms with Gasteiger partial charge in [0.1, 0.15) is 18.5 Å². The van der Waals surface area contributed by atoms with Crippen LogP contribution < -0.4 is 14.8 Å². The van der Waals surface area contributed by atoms with Gasteiger partial charge >= 0.3 is 6.09 Å². The summed E-state index contributed by atoms with van der Waals surface area (Å²) in [5, 5.41) is 22.1. The van der Waals surface area contributed by atoms with Gasteiger partial charge in [-0.25, -0.2) is 4.79 Å². The first-order chi connectivity index (χ1) is 14.2. The number of aliphatic hydroxyl groups excluding tert-OH is 2. The van der Waals surface area contributed by atoms with Gasteiger partial charge in [-0.3, -0.25) is 0 Å². The Balaban J connectivity index is 1.33. The third kappa shape index (κ3) is 3.91. The van der Waals surface area contributed by atoms with Gasteiger partial charge in [0, 0.05) is 22.0 Å². The predicted octanol–water partition coefficient (Wildman–Crippen LogP) is 4.03. The summed E-state index contributed by atoms with van der Waals surface area (Å²) < 4.78 is 11.0. The number of ether oxygens (including phenoxy) is 2. The summed E-state index contributed by atoms with van der Waals surface area (Å²) in [7, 11) is 0. The Morgan fingerprint density at radius 3 is 2.90 bits per heavy atom. The van der Waals surface area contributed by atoms with E-state index in [1.54, 1.807) is 29.5 Å². The number of carbonyl (C=O) groups excluding carboxylic acids is 1. The van der Waals surface area contributed by atoms with E-state index in [0.717, 1.165) is 12.0 Å². The lowest BCUT2D eigenvalue weighted by atomic mass is 9.96. The van der Waals surface area contributed by atoms with Crippen LogP contribution in [0.1, 0.15) is 41.3 Å². The molecule has 0 bridgehead atoms. The van der Waals surface area contributed by atoms with Crippen LogP contribution in [-0.2, 0) is 13.0 Å². The van der Waals surface area contributed by atoms with Crippen LogP contribution >= 0.6 is 22.9 Å². The fraction of sp³-hybridized carbons (Fsp3) is 0.500. The van der Waals surface area contributed by atoms with Crippen molar-refractivity contribution in [2.75, 3.05) is 13.2 Å². The Morgan fingerprint density at radius 1 is 1.43 bits per heavy atom. The van der Waals surface area contributed by atoms with E-state index in [2.05, 4.69) is 26.1 Å². The van der Waals surface area contributed by atoms with Gasteiger partial charge in [0.2, 0.25) is 0 Å². The lowest BCUT2D eigenvalue weighted by Crippen LogP contribution is -2.26. The molecule has 30 heavy (non-hydrogen) atoms. The van der Waals surface area contributed by atoms with Gasteiger partial charge in [-0.2, -0.15) is 0 Å². The average Bonchev–Trinajstić information content (AvgIpc) is 3.02. The number of hydrogen-bond donors (Lipinski definition) is 3. The number of halogens is 1. The number of thiophene rings is 1. The summed E-state index contributed by atoms with van der Waals surface area (Å²) in [6, 6.07) is 5.05. The van der Waals surface area contributed by atoms with Crippen molar-refractivity contribution in [3.63, 3.8) is 0 Å². The predicted molar refractivity (Wildman–Crippen MR) is 116 cm³/mol. The van der Waals surface area contributed by atoms with Crippen LogP contribution in [0.25, 0.3) is 0 Å². The maximum Gasteiger partial charge on any atom is 0.413 e. The molecular weight excluding hydrogens is 426 g/mol. The molecule has 6 nitrogen and oxygen atoms in total.